The molecule has 1 unspecified atom stereocenters. The zero-order valence-corrected chi connectivity index (χ0v) is 17.2. The van der Waals surface area contributed by atoms with E-state index in [4.69, 9.17) is 4.74 Å². The molecule has 1 amide bonds. The maximum atomic E-state index is 13.5. The van der Waals surface area contributed by atoms with Crippen molar-refractivity contribution in [2.24, 2.45) is 0 Å². The summed E-state index contributed by atoms with van der Waals surface area (Å²) in [6.45, 7) is 4.20. The Hall–Kier alpha value is -3.03. The van der Waals surface area contributed by atoms with Crippen LogP contribution in [0.2, 0.25) is 0 Å². The number of aliphatic hydroxyl groups excluding tert-OH is 1. The maximum absolute atomic E-state index is 13.5. The van der Waals surface area contributed by atoms with E-state index >= 15 is 0 Å². The van der Waals surface area contributed by atoms with E-state index in [1.807, 2.05) is 0 Å². The molecule has 7 heteroatoms. The van der Waals surface area contributed by atoms with Crippen LogP contribution in [0.4, 0.5) is 4.39 Å². The lowest BCUT2D eigenvalue weighted by molar-refractivity contribution is -0.140. The highest BCUT2D eigenvalue weighted by Gasteiger charge is 2.45. The Labute approximate surface area is 180 Å². The van der Waals surface area contributed by atoms with Crippen molar-refractivity contribution >= 4 is 17.4 Å². The fourth-order valence-corrected chi connectivity index (χ4v) is 4.14. The van der Waals surface area contributed by atoms with Gasteiger partial charge in [-0.05, 0) is 24.1 Å². The molecule has 162 valence electrons. The molecule has 2 saturated heterocycles. The fraction of sp³-hybridized carbons (Fsp3) is 0.333. The maximum Gasteiger partial charge on any atom is 0.295 e. The largest absolute Gasteiger partial charge is 0.507 e. The predicted molar refractivity (Wildman–Crippen MR) is 114 cm³/mol. The van der Waals surface area contributed by atoms with Crippen LogP contribution in [0.1, 0.15) is 23.6 Å². The number of benzene rings is 2. The summed E-state index contributed by atoms with van der Waals surface area (Å²) in [7, 11) is 0. The SMILES string of the molecule is O=C1C(=O)N(CCCN2CCOCC2)C(c2ccc(F)cc2)/C1=C(\O)c1ccccc1. The molecule has 1 N–H and O–H groups in total. The number of Topliss-reactive ketones (excluding diaryl/α,β-unsaturated/α-hetero) is 1. The van der Waals surface area contributed by atoms with Crippen LogP contribution in [-0.4, -0.2) is 66.0 Å². The third-order valence-corrected chi connectivity index (χ3v) is 5.75. The summed E-state index contributed by atoms with van der Waals surface area (Å²) in [6, 6.07) is 13.6. The molecule has 2 aliphatic heterocycles. The normalized spacial score (nSPS) is 21.6. The number of carbonyl (C=O) groups is 2. The van der Waals surface area contributed by atoms with Crippen LogP contribution in [0.3, 0.4) is 0 Å². The molecule has 0 aliphatic carbocycles. The number of aliphatic hydroxyl groups is 1. The van der Waals surface area contributed by atoms with Gasteiger partial charge in [0.05, 0.1) is 24.8 Å². The van der Waals surface area contributed by atoms with Crippen molar-refractivity contribution in [3.05, 3.63) is 77.1 Å². The molecule has 2 fully saturated rings. The van der Waals surface area contributed by atoms with Crippen molar-refractivity contribution in [3.8, 4) is 0 Å². The molecule has 31 heavy (non-hydrogen) atoms. The number of likely N-dealkylation sites (tertiary alicyclic amines) is 1. The number of morpholine rings is 1. The highest BCUT2D eigenvalue weighted by Crippen LogP contribution is 2.39. The van der Waals surface area contributed by atoms with Gasteiger partial charge in [-0.1, -0.05) is 42.5 Å². The van der Waals surface area contributed by atoms with E-state index in [2.05, 4.69) is 4.90 Å². The Balaban J connectivity index is 1.65. The van der Waals surface area contributed by atoms with E-state index in [0.717, 1.165) is 19.6 Å². The summed E-state index contributed by atoms with van der Waals surface area (Å²) >= 11 is 0. The van der Waals surface area contributed by atoms with Crippen molar-refractivity contribution in [2.75, 3.05) is 39.4 Å². The summed E-state index contributed by atoms with van der Waals surface area (Å²) in [4.78, 5) is 29.6. The fourth-order valence-electron chi connectivity index (χ4n) is 4.14. The van der Waals surface area contributed by atoms with Crippen molar-refractivity contribution in [1.82, 2.24) is 9.80 Å². The smallest absolute Gasteiger partial charge is 0.295 e. The van der Waals surface area contributed by atoms with Gasteiger partial charge in [-0.2, -0.15) is 0 Å². The van der Waals surface area contributed by atoms with Gasteiger partial charge >= 0.3 is 0 Å². The van der Waals surface area contributed by atoms with E-state index in [1.165, 1.54) is 17.0 Å². The van der Waals surface area contributed by atoms with Gasteiger partial charge in [0.25, 0.3) is 11.7 Å². The average molecular weight is 424 g/mol. The number of hydrogen-bond acceptors (Lipinski definition) is 5. The Kier molecular flexibility index (Phi) is 6.44. The monoisotopic (exact) mass is 424 g/mol. The number of nitrogens with zero attached hydrogens (tertiary/aromatic N) is 2. The molecule has 1 atom stereocenters. The van der Waals surface area contributed by atoms with Gasteiger partial charge < -0.3 is 14.7 Å². The number of rotatable bonds is 6. The van der Waals surface area contributed by atoms with Crippen LogP contribution in [0.5, 0.6) is 0 Å². The Morgan fingerprint density at radius 2 is 1.68 bits per heavy atom. The summed E-state index contributed by atoms with van der Waals surface area (Å²) in [5.74, 6) is -1.99. The summed E-state index contributed by atoms with van der Waals surface area (Å²) in [5.41, 5.74) is 1.08. The first kappa shape index (κ1) is 21.2. The number of ether oxygens (including phenoxy) is 1. The first-order chi connectivity index (χ1) is 15.1. The third kappa shape index (κ3) is 4.52. The molecule has 2 aromatic rings. The van der Waals surface area contributed by atoms with E-state index in [-0.39, 0.29) is 11.3 Å². The number of hydrogen-bond donors (Lipinski definition) is 1. The molecule has 4 rings (SSSR count). The van der Waals surface area contributed by atoms with E-state index in [0.29, 0.717) is 37.3 Å². The van der Waals surface area contributed by atoms with Crippen molar-refractivity contribution in [3.63, 3.8) is 0 Å². The lowest BCUT2D eigenvalue weighted by atomic mass is 9.95. The van der Waals surface area contributed by atoms with Crippen LogP contribution in [0.25, 0.3) is 5.76 Å². The second-order valence-electron chi connectivity index (χ2n) is 7.72. The highest BCUT2D eigenvalue weighted by atomic mass is 19.1. The number of amides is 1. The zero-order valence-electron chi connectivity index (χ0n) is 17.2. The van der Waals surface area contributed by atoms with E-state index in [1.54, 1.807) is 42.5 Å². The van der Waals surface area contributed by atoms with Gasteiger partial charge in [0.1, 0.15) is 11.6 Å². The topological polar surface area (TPSA) is 70.1 Å². The van der Waals surface area contributed by atoms with Crippen molar-refractivity contribution in [1.29, 1.82) is 0 Å². The van der Waals surface area contributed by atoms with Crippen LogP contribution in [0, 0.1) is 5.82 Å². The summed E-state index contributed by atoms with van der Waals surface area (Å²) in [6.07, 6.45) is 0.677. The van der Waals surface area contributed by atoms with Gasteiger partial charge in [-0.25, -0.2) is 4.39 Å². The molecule has 0 spiro atoms. The minimum atomic E-state index is -0.759. The minimum absolute atomic E-state index is 0.0363. The van der Waals surface area contributed by atoms with Crippen LogP contribution < -0.4 is 0 Å². The Morgan fingerprint density at radius 1 is 1.00 bits per heavy atom. The molecular weight excluding hydrogens is 399 g/mol. The molecular formula is C24H25FN2O4. The van der Waals surface area contributed by atoms with E-state index < -0.39 is 23.5 Å². The predicted octanol–water partition coefficient (Wildman–Crippen LogP) is 2.97. The van der Waals surface area contributed by atoms with E-state index in [9.17, 15) is 19.1 Å². The first-order valence-corrected chi connectivity index (χ1v) is 10.5. The summed E-state index contributed by atoms with van der Waals surface area (Å²) < 4.78 is 18.9. The van der Waals surface area contributed by atoms with Gasteiger partial charge in [0.2, 0.25) is 0 Å². The van der Waals surface area contributed by atoms with Crippen LogP contribution >= 0.6 is 0 Å². The summed E-state index contributed by atoms with van der Waals surface area (Å²) in [5, 5.41) is 10.9. The highest BCUT2D eigenvalue weighted by molar-refractivity contribution is 6.46. The van der Waals surface area contributed by atoms with Gasteiger partial charge in [0.15, 0.2) is 0 Å². The molecule has 6 nitrogen and oxygen atoms in total. The van der Waals surface area contributed by atoms with Crippen molar-refractivity contribution in [2.45, 2.75) is 12.5 Å². The Morgan fingerprint density at radius 3 is 2.35 bits per heavy atom. The molecule has 2 aromatic carbocycles. The van der Waals surface area contributed by atoms with Gasteiger partial charge in [0, 0.05) is 31.7 Å². The van der Waals surface area contributed by atoms with Crippen molar-refractivity contribution < 1.29 is 23.8 Å². The van der Waals surface area contributed by atoms with Gasteiger partial charge in [-0.3, -0.25) is 14.5 Å². The molecule has 0 bridgehead atoms. The molecule has 2 aliphatic rings. The molecule has 0 aromatic heterocycles. The molecule has 0 saturated carbocycles. The molecule has 2 heterocycles. The van der Waals surface area contributed by atoms with Gasteiger partial charge in [-0.15, -0.1) is 0 Å². The number of carbonyl (C=O) groups excluding carboxylic acids is 2. The Bertz CT molecular complexity index is 969. The van der Waals surface area contributed by atoms with Crippen LogP contribution in [-0.2, 0) is 14.3 Å². The number of halogens is 1. The standard InChI is InChI=1S/C24H25FN2O4/c25-19-9-7-17(8-10-19)21-20(22(28)18-5-2-1-3-6-18)23(29)24(30)27(21)12-4-11-26-13-15-31-16-14-26/h1-3,5-10,21,28H,4,11-16H2/b22-20+. The van der Waals surface area contributed by atoms with Crippen LogP contribution in [0.15, 0.2) is 60.2 Å². The average Bonchev–Trinajstić information content (AvgIpc) is 3.05. The second-order valence-corrected chi connectivity index (χ2v) is 7.72. The zero-order chi connectivity index (χ0) is 21.8. The third-order valence-electron chi connectivity index (χ3n) is 5.75. The lowest BCUT2D eigenvalue weighted by Crippen LogP contribution is -2.38. The second kappa shape index (κ2) is 9.41. The quantitative estimate of drug-likeness (QED) is 0.439. The lowest BCUT2D eigenvalue weighted by Gasteiger charge is -2.29. The number of ketones is 1. The minimum Gasteiger partial charge on any atom is -0.507 e. The molecule has 0 radical (unpaired) electrons. The first-order valence-electron chi connectivity index (χ1n) is 10.5.